The van der Waals surface area contributed by atoms with Crippen LogP contribution in [0.5, 0.6) is 0 Å². The lowest BCUT2D eigenvalue weighted by molar-refractivity contribution is 0.567. The Morgan fingerprint density at radius 3 is 2.83 bits per heavy atom. The number of nitrogen functional groups attached to an aromatic ring is 1. The lowest BCUT2D eigenvalue weighted by Gasteiger charge is -2.07. The van der Waals surface area contributed by atoms with Crippen LogP contribution in [0, 0.1) is 0 Å². The zero-order valence-electron chi connectivity index (χ0n) is 9.87. The minimum absolute atomic E-state index is 0.0601. The van der Waals surface area contributed by atoms with Crippen LogP contribution in [0.4, 0.5) is 5.00 Å². The van der Waals surface area contributed by atoms with Gasteiger partial charge in [0.2, 0.25) is 0 Å². The van der Waals surface area contributed by atoms with Gasteiger partial charge in [-0.15, -0.1) is 5.10 Å². The van der Waals surface area contributed by atoms with E-state index in [9.17, 15) is 9.59 Å². The molecule has 8 heteroatoms. The van der Waals surface area contributed by atoms with Gasteiger partial charge in [-0.1, -0.05) is 11.4 Å². The Morgan fingerprint density at radius 2 is 2.22 bits per heavy atom. The molecule has 0 saturated heterocycles. The molecule has 0 aliphatic heterocycles. The highest BCUT2D eigenvalue weighted by Gasteiger charge is 2.10. The van der Waals surface area contributed by atoms with Gasteiger partial charge in [-0.25, -0.2) is 4.79 Å². The predicted molar refractivity (Wildman–Crippen MR) is 68.7 cm³/mol. The Bertz CT molecular complexity index is 657. The minimum Gasteiger partial charge on any atom is -0.388 e. The molecular formula is C10H13N5O2S. The fourth-order valence-corrected chi connectivity index (χ4v) is 2.03. The maximum Gasteiger partial charge on any atom is 0.331 e. The molecule has 0 radical (unpaired) electrons. The summed E-state index contributed by atoms with van der Waals surface area (Å²) in [5, 5.41) is 4.23. The van der Waals surface area contributed by atoms with Crippen molar-refractivity contribution in [1.82, 2.24) is 18.7 Å². The van der Waals surface area contributed by atoms with Gasteiger partial charge in [-0.3, -0.25) is 9.36 Å². The van der Waals surface area contributed by atoms with Crippen molar-refractivity contribution in [1.29, 1.82) is 0 Å². The molecule has 0 fully saturated rings. The maximum absolute atomic E-state index is 12.1. The van der Waals surface area contributed by atoms with Crippen molar-refractivity contribution < 1.29 is 0 Å². The number of hydrogen-bond donors (Lipinski definition) is 1. The Hall–Kier alpha value is -1.96. The SMILES string of the molecule is CCCn1ccc(=O)n(Cc2nnsc2N)c1=O. The fourth-order valence-electron chi connectivity index (χ4n) is 1.59. The van der Waals surface area contributed by atoms with Crippen molar-refractivity contribution in [3.8, 4) is 0 Å². The maximum atomic E-state index is 12.1. The van der Waals surface area contributed by atoms with Crippen molar-refractivity contribution >= 4 is 16.5 Å². The van der Waals surface area contributed by atoms with Crippen LogP contribution in [-0.4, -0.2) is 18.7 Å². The Labute approximate surface area is 107 Å². The zero-order chi connectivity index (χ0) is 13.1. The third kappa shape index (κ3) is 2.33. The van der Waals surface area contributed by atoms with Crippen molar-refractivity contribution in [3.63, 3.8) is 0 Å². The van der Waals surface area contributed by atoms with E-state index in [1.807, 2.05) is 6.92 Å². The summed E-state index contributed by atoms with van der Waals surface area (Å²) in [6.07, 6.45) is 2.33. The van der Waals surface area contributed by atoms with Crippen LogP contribution < -0.4 is 17.0 Å². The molecule has 0 atom stereocenters. The van der Waals surface area contributed by atoms with Crippen LogP contribution in [0.25, 0.3) is 0 Å². The lowest BCUT2D eigenvalue weighted by atomic mass is 10.4. The fraction of sp³-hybridized carbons (Fsp3) is 0.400. The number of aryl methyl sites for hydroxylation is 1. The number of hydrogen-bond acceptors (Lipinski definition) is 6. The smallest absolute Gasteiger partial charge is 0.331 e. The minimum atomic E-state index is -0.361. The molecule has 2 aromatic rings. The van der Waals surface area contributed by atoms with Gasteiger partial charge in [0.05, 0.1) is 6.54 Å². The first-order valence-corrected chi connectivity index (χ1v) is 6.27. The zero-order valence-corrected chi connectivity index (χ0v) is 10.7. The van der Waals surface area contributed by atoms with Crippen molar-refractivity contribution in [2.45, 2.75) is 26.4 Å². The van der Waals surface area contributed by atoms with Gasteiger partial charge in [0.15, 0.2) is 0 Å². The summed E-state index contributed by atoms with van der Waals surface area (Å²) in [6, 6.07) is 1.37. The first-order chi connectivity index (χ1) is 8.63. The molecule has 0 aromatic carbocycles. The summed E-state index contributed by atoms with van der Waals surface area (Å²) in [7, 11) is 0. The first kappa shape index (κ1) is 12.5. The molecule has 2 rings (SSSR count). The lowest BCUT2D eigenvalue weighted by Crippen LogP contribution is -2.39. The van der Waals surface area contributed by atoms with Crippen molar-refractivity contribution in [3.05, 3.63) is 38.8 Å². The quantitative estimate of drug-likeness (QED) is 0.834. The van der Waals surface area contributed by atoms with E-state index in [2.05, 4.69) is 9.59 Å². The second kappa shape index (κ2) is 5.13. The highest BCUT2D eigenvalue weighted by molar-refractivity contribution is 7.09. The monoisotopic (exact) mass is 267 g/mol. The molecule has 7 nitrogen and oxygen atoms in total. The van der Waals surface area contributed by atoms with Gasteiger partial charge in [0.1, 0.15) is 10.7 Å². The summed E-state index contributed by atoms with van der Waals surface area (Å²) in [5.41, 5.74) is 5.40. The predicted octanol–water partition coefficient (Wildman–Crippen LogP) is -0.0980. The Morgan fingerprint density at radius 1 is 1.44 bits per heavy atom. The van der Waals surface area contributed by atoms with Gasteiger partial charge < -0.3 is 10.3 Å². The standard InChI is InChI=1S/C10H13N5O2S/c1-2-4-14-5-3-8(16)15(10(14)17)6-7-9(11)18-13-12-7/h3,5H,2,4,6,11H2,1H3. The summed E-state index contributed by atoms with van der Waals surface area (Å²) in [4.78, 5) is 23.8. The molecular weight excluding hydrogens is 254 g/mol. The second-order valence-electron chi connectivity index (χ2n) is 3.80. The summed E-state index contributed by atoms with van der Waals surface area (Å²) < 4.78 is 6.29. The second-order valence-corrected chi connectivity index (χ2v) is 4.59. The van der Waals surface area contributed by atoms with Gasteiger partial charge in [-0.2, -0.15) is 0 Å². The van der Waals surface area contributed by atoms with Crippen LogP contribution in [0.15, 0.2) is 21.9 Å². The third-order valence-corrected chi connectivity index (χ3v) is 3.09. The van der Waals surface area contributed by atoms with Crippen LogP contribution in [-0.2, 0) is 13.1 Å². The summed E-state index contributed by atoms with van der Waals surface area (Å²) >= 11 is 1.04. The van der Waals surface area contributed by atoms with Crippen molar-refractivity contribution in [2.24, 2.45) is 0 Å². The molecule has 96 valence electrons. The number of nitrogens with zero attached hydrogens (tertiary/aromatic N) is 4. The van der Waals surface area contributed by atoms with Gasteiger partial charge in [0, 0.05) is 30.3 Å². The number of rotatable bonds is 4. The summed E-state index contributed by atoms with van der Waals surface area (Å²) in [5.74, 6) is 0. The highest BCUT2D eigenvalue weighted by atomic mass is 32.1. The Balaban J connectivity index is 2.44. The largest absolute Gasteiger partial charge is 0.388 e. The highest BCUT2D eigenvalue weighted by Crippen LogP contribution is 2.12. The molecule has 18 heavy (non-hydrogen) atoms. The topological polar surface area (TPSA) is 95.8 Å². The van der Waals surface area contributed by atoms with Crippen LogP contribution in [0.1, 0.15) is 19.0 Å². The first-order valence-electron chi connectivity index (χ1n) is 5.50. The van der Waals surface area contributed by atoms with Gasteiger partial charge in [0.25, 0.3) is 5.56 Å². The van der Waals surface area contributed by atoms with E-state index in [4.69, 9.17) is 5.73 Å². The number of anilines is 1. The molecule has 0 amide bonds. The van der Waals surface area contributed by atoms with Gasteiger partial charge >= 0.3 is 5.69 Å². The van der Waals surface area contributed by atoms with Crippen LogP contribution in [0.2, 0.25) is 0 Å². The normalized spacial score (nSPS) is 10.7. The van der Waals surface area contributed by atoms with E-state index in [1.165, 1.54) is 16.8 Å². The van der Waals surface area contributed by atoms with E-state index < -0.39 is 0 Å². The van der Waals surface area contributed by atoms with Crippen molar-refractivity contribution in [2.75, 3.05) is 5.73 Å². The van der Waals surface area contributed by atoms with E-state index >= 15 is 0 Å². The molecule has 0 aliphatic carbocycles. The van der Waals surface area contributed by atoms with E-state index in [1.54, 1.807) is 0 Å². The molecule has 2 N–H and O–H groups in total. The molecule has 2 heterocycles. The van der Waals surface area contributed by atoms with E-state index in [-0.39, 0.29) is 17.8 Å². The molecule has 0 unspecified atom stereocenters. The van der Waals surface area contributed by atoms with Crippen LogP contribution in [0.3, 0.4) is 0 Å². The molecule has 0 saturated carbocycles. The number of nitrogens with two attached hydrogens (primary N) is 1. The third-order valence-electron chi connectivity index (χ3n) is 2.50. The van der Waals surface area contributed by atoms with E-state index in [0.717, 1.165) is 22.5 Å². The molecule has 0 aliphatic rings. The van der Waals surface area contributed by atoms with E-state index in [0.29, 0.717) is 17.2 Å². The van der Waals surface area contributed by atoms with Gasteiger partial charge in [-0.05, 0) is 6.42 Å². The summed E-state index contributed by atoms with van der Waals surface area (Å²) in [6.45, 7) is 2.60. The average molecular weight is 267 g/mol. The molecule has 0 spiro atoms. The van der Waals surface area contributed by atoms with Crippen LogP contribution >= 0.6 is 11.5 Å². The average Bonchev–Trinajstić information content (AvgIpc) is 2.74. The Kier molecular flexibility index (Phi) is 3.56. The number of aromatic nitrogens is 4. The molecule has 2 aromatic heterocycles. The molecule has 0 bridgehead atoms.